The van der Waals surface area contributed by atoms with E-state index in [-0.39, 0.29) is 6.54 Å². The van der Waals surface area contributed by atoms with Gasteiger partial charge in [-0.2, -0.15) is 0 Å². The lowest BCUT2D eigenvalue weighted by Crippen LogP contribution is -2.34. The van der Waals surface area contributed by atoms with Crippen molar-refractivity contribution in [3.05, 3.63) is 34.3 Å². The van der Waals surface area contributed by atoms with Crippen LogP contribution in [0.3, 0.4) is 0 Å². The van der Waals surface area contributed by atoms with Gasteiger partial charge in [-0.1, -0.05) is 28.1 Å². The maximum absolute atomic E-state index is 10.7. The number of carbonyl (C=O) groups is 1. The summed E-state index contributed by atoms with van der Waals surface area (Å²) in [5.41, 5.74) is 1.30. The van der Waals surface area contributed by atoms with Gasteiger partial charge in [0, 0.05) is 30.7 Å². The van der Waals surface area contributed by atoms with Gasteiger partial charge < -0.3 is 5.11 Å². The monoisotopic (exact) mass is 326 g/mol. The molecule has 4 nitrogen and oxygen atoms in total. The van der Waals surface area contributed by atoms with Gasteiger partial charge in [0.25, 0.3) is 0 Å². The summed E-state index contributed by atoms with van der Waals surface area (Å²) in [4.78, 5) is 15.1. The number of carboxylic acid groups (broad SMARTS) is 1. The summed E-state index contributed by atoms with van der Waals surface area (Å²) in [6, 6.07) is 8.38. The molecule has 2 rings (SSSR count). The molecule has 0 unspecified atom stereocenters. The standard InChI is InChI=1S/C14H19BrN2O2/c15-13-4-2-12(3-5-13)10-16-6-1-7-17(9-8-16)11-14(18)19/h2-5H,1,6-11H2,(H,18,19). The lowest BCUT2D eigenvalue weighted by molar-refractivity contribution is -0.138. The quantitative estimate of drug-likeness (QED) is 0.919. The molecule has 1 aliphatic heterocycles. The smallest absolute Gasteiger partial charge is 0.317 e. The maximum atomic E-state index is 10.7. The summed E-state index contributed by atoms with van der Waals surface area (Å²) in [6.07, 6.45) is 1.03. The number of rotatable bonds is 4. The highest BCUT2D eigenvalue weighted by Gasteiger charge is 2.16. The van der Waals surface area contributed by atoms with Gasteiger partial charge in [0.2, 0.25) is 0 Å². The fraction of sp³-hybridized carbons (Fsp3) is 0.500. The van der Waals surface area contributed by atoms with Gasteiger partial charge in [0.15, 0.2) is 0 Å². The van der Waals surface area contributed by atoms with Gasteiger partial charge in [0.1, 0.15) is 0 Å². The predicted molar refractivity (Wildman–Crippen MR) is 78.1 cm³/mol. The molecule has 0 atom stereocenters. The van der Waals surface area contributed by atoms with E-state index >= 15 is 0 Å². The second-order valence-electron chi connectivity index (χ2n) is 4.93. The second-order valence-corrected chi connectivity index (χ2v) is 5.84. The minimum atomic E-state index is -0.735. The molecule has 1 aromatic carbocycles. The van der Waals surface area contributed by atoms with Gasteiger partial charge in [-0.25, -0.2) is 0 Å². The molecule has 0 spiro atoms. The van der Waals surface area contributed by atoms with Crippen molar-refractivity contribution < 1.29 is 9.90 Å². The fourth-order valence-corrected chi connectivity index (χ4v) is 2.64. The first-order valence-corrected chi connectivity index (χ1v) is 7.34. The van der Waals surface area contributed by atoms with Crippen LogP contribution in [0.25, 0.3) is 0 Å². The Labute approximate surface area is 122 Å². The van der Waals surface area contributed by atoms with Gasteiger partial charge >= 0.3 is 5.97 Å². The van der Waals surface area contributed by atoms with E-state index < -0.39 is 5.97 Å². The second kappa shape index (κ2) is 7.03. The molecule has 1 fully saturated rings. The van der Waals surface area contributed by atoms with E-state index in [0.717, 1.165) is 43.6 Å². The van der Waals surface area contributed by atoms with Crippen LogP contribution in [0.1, 0.15) is 12.0 Å². The van der Waals surface area contributed by atoms with Gasteiger partial charge in [-0.3, -0.25) is 14.6 Å². The summed E-state index contributed by atoms with van der Waals surface area (Å²) in [7, 11) is 0. The first-order valence-electron chi connectivity index (χ1n) is 6.54. The molecule has 0 aromatic heterocycles. The Balaban J connectivity index is 1.85. The van der Waals surface area contributed by atoms with Crippen molar-refractivity contribution >= 4 is 21.9 Å². The molecule has 1 aromatic rings. The number of hydrogen-bond acceptors (Lipinski definition) is 3. The van der Waals surface area contributed by atoms with Crippen molar-refractivity contribution in [1.82, 2.24) is 9.80 Å². The lowest BCUT2D eigenvalue weighted by atomic mass is 10.2. The zero-order chi connectivity index (χ0) is 13.7. The topological polar surface area (TPSA) is 43.8 Å². The van der Waals surface area contributed by atoms with Crippen LogP contribution in [0.2, 0.25) is 0 Å². The predicted octanol–water partition coefficient (Wildman–Crippen LogP) is 2.04. The van der Waals surface area contributed by atoms with Crippen molar-refractivity contribution in [2.75, 3.05) is 32.7 Å². The third kappa shape index (κ3) is 4.93. The number of carboxylic acids is 1. The summed E-state index contributed by atoms with van der Waals surface area (Å²) in [5, 5.41) is 8.82. The minimum absolute atomic E-state index is 0.159. The Hall–Kier alpha value is -0.910. The maximum Gasteiger partial charge on any atom is 0.317 e. The number of nitrogens with zero attached hydrogens (tertiary/aromatic N) is 2. The Kier molecular flexibility index (Phi) is 5.36. The zero-order valence-electron chi connectivity index (χ0n) is 10.9. The van der Waals surface area contributed by atoms with Crippen molar-refractivity contribution in [1.29, 1.82) is 0 Å². The minimum Gasteiger partial charge on any atom is -0.480 e. The van der Waals surface area contributed by atoms with Crippen LogP contribution in [0.4, 0.5) is 0 Å². The summed E-state index contributed by atoms with van der Waals surface area (Å²) in [6.45, 7) is 4.78. The number of hydrogen-bond donors (Lipinski definition) is 1. The zero-order valence-corrected chi connectivity index (χ0v) is 12.5. The fourth-order valence-electron chi connectivity index (χ4n) is 2.38. The molecule has 1 N–H and O–H groups in total. The van der Waals surface area contributed by atoms with E-state index in [1.807, 2.05) is 4.90 Å². The molecule has 1 aliphatic rings. The van der Waals surface area contributed by atoms with Crippen molar-refractivity contribution in [3.8, 4) is 0 Å². The molecule has 0 bridgehead atoms. The van der Waals surface area contributed by atoms with Crippen molar-refractivity contribution in [3.63, 3.8) is 0 Å². The van der Waals surface area contributed by atoms with Crippen molar-refractivity contribution in [2.45, 2.75) is 13.0 Å². The summed E-state index contributed by atoms with van der Waals surface area (Å²) >= 11 is 3.44. The normalized spacial score (nSPS) is 18.2. The molecule has 0 saturated carbocycles. The molecule has 0 aliphatic carbocycles. The first kappa shape index (κ1) is 14.5. The molecule has 0 amide bonds. The van der Waals surface area contributed by atoms with Crippen LogP contribution < -0.4 is 0 Å². The highest BCUT2D eigenvalue weighted by Crippen LogP contribution is 2.13. The largest absolute Gasteiger partial charge is 0.480 e. The highest BCUT2D eigenvalue weighted by molar-refractivity contribution is 9.10. The molecular formula is C14H19BrN2O2. The van der Waals surface area contributed by atoms with E-state index in [4.69, 9.17) is 5.11 Å². The molecule has 19 heavy (non-hydrogen) atoms. The van der Waals surface area contributed by atoms with Crippen molar-refractivity contribution in [2.24, 2.45) is 0 Å². The van der Waals surface area contributed by atoms with E-state index in [1.54, 1.807) is 0 Å². The Morgan fingerprint density at radius 3 is 2.42 bits per heavy atom. The van der Waals surface area contributed by atoms with E-state index in [2.05, 4.69) is 45.1 Å². The van der Waals surface area contributed by atoms with E-state index in [1.165, 1.54) is 5.56 Å². The Morgan fingerprint density at radius 2 is 1.74 bits per heavy atom. The SMILES string of the molecule is O=C(O)CN1CCCN(Cc2ccc(Br)cc2)CC1. The molecule has 1 heterocycles. The Bertz CT molecular complexity index is 422. The van der Waals surface area contributed by atoms with E-state index in [9.17, 15) is 4.79 Å². The van der Waals surface area contributed by atoms with Crippen LogP contribution in [0, 0.1) is 0 Å². The molecule has 5 heteroatoms. The third-order valence-electron chi connectivity index (χ3n) is 3.36. The highest BCUT2D eigenvalue weighted by atomic mass is 79.9. The van der Waals surface area contributed by atoms with Gasteiger partial charge in [-0.15, -0.1) is 0 Å². The van der Waals surface area contributed by atoms with Crippen LogP contribution in [0.15, 0.2) is 28.7 Å². The average molecular weight is 327 g/mol. The molecular weight excluding hydrogens is 308 g/mol. The van der Waals surface area contributed by atoms with Crippen LogP contribution in [-0.2, 0) is 11.3 Å². The summed E-state index contributed by atoms with van der Waals surface area (Å²) < 4.78 is 1.10. The van der Waals surface area contributed by atoms with Crippen LogP contribution in [-0.4, -0.2) is 53.6 Å². The lowest BCUT2D eigenvalue weighted by Gasteiger charge is -2.20. The van der Waals surface area contributed by atoms with Crippen LogP contribution in [0.5, 0.6) is 0 Å². The summed E-state index contributed by atoms with van der Waals surface area (Å²) in [5.74, 6) is -0.735. The van der Waals surface area contributed by atoms with E-state index in [0.29, 0.717) is 0 Å². The third-order valence-corrected chi connectivity index (χ3v) is 3.89. The number of benzene rings is 1. The van der Waals surface area contributed by atoms with Gasteiger partial charge in [-0.05, 0) is 30.7 Å². The number of aliphatic carboxylic acids is 1. The average Bonchev–Trinajstić information content (AvgIpc) is 2.57. The number of halogens is 1. The molecule has 1 saturated heterocycles. The Morgan fingerprint density at radius 1 is 1.11 bits per heavy atom. The van der Waals surface area contributed by atoms with Gasteiger partial charge in [0.05, 0.1) is 6.54 Å². The first-order chi connectivity index (χ1) is 9.13. The molecule has 0 radical (unpaired) electrons. The molecule has 104 valence electrons. The van der Waals surface area contributed by atoms with Crippen LogP contribution >= 0.6 is 15.9 Å².